The van der Waals surface area contributed by atoms with E-state index in [9.17, 15) is 4.79 Å². The Balaban J connectivity index is 1.87. The number of benzene rings is 1. The van der Waals surface area contributed by atoms with E-state index in [4.69, 9.17) is 9.47 Å². The molecule has 1 atom stereocenters. The summed E-state index contributed by atoms with van der Waals surface area (Å²) in [6.45, 7) is 10.3. The van der Waals surface area contributed by atoms with E-state index < -0.39 is 5.60 Å². The lowest BCUT2D eigenvalue weighted by Gasteiger charge is -2.26. The molecule has 0 bridgehead atoms. The van der Waals surface area contributed by atoms with Crippen LogP contribution in [0.15, 0.2) is 35.2 Å². The molecule has 1 amide bonds. The first-order chi connectivity index (χ1) is 12.4. The number of nitrogens with one attached hydrogen (secondary N) is 1. The van der Waals surface area contributed by atoms with E-state index in [1.807, 2.05) is 39.0 Å². The van der Waals surface area contributed by atoms with Gasteiger partial charge in [-0.1, -0.05) is 18.2 Å². The smallest absolute Gasteiger partial charge is 0.407 e. The zero-order valence-corrected chi connectivity index (χ0v) is 17.0. The van der Waals surface area contributed by atoms with Crippen LogP contribution < -0.4 is 5.32 Å². The van der Waals surface area contributed by atoms with E-state index in [1.54, 1.807) is 11.8 Å². The Kier molecular flexibility index (Phi) is 8.75. The second-order valence-electron chi connectivity index (χ2n) is 7.56. The zero-order valence-electron chi connectivity index (χ0n) is 16.2. The van der Waals surface area contributed by atoms with Crippen LogP contribution in [0.25, 0.3) is 0 Å². The Labute approximate surface area is 161 Å². The van der Waals surface area contributed by atoms with Crippen molar-refractivity contribution in [1.29, 1.82) is 0 Å². The topological polar surface area (TPSA) is 50.8 Å². The summed E-state index contributed by atoms with van der Waals surface area (Å²) in [7, 11) is 0. The molecule has 1 N–H and O–H groups in total. The molecule has 0 saturated carbocycles. The highest BCUT2D eigenvalue weighted by Crippen LogP contribution is 2.19. The highest BCUT2D eigenvalue weighted by molar-refractivity contribution is 7.99. The number of rotatable bonds is 7. The van der Waals surface area contributed by atoms with Crippen LogP contribution in [0, 0.1) is 0 Å². The number of amides is 1. The van der Waals surface area contributed by atoms with Crippen molar-refractivity contribution in [2.24, 2.45) is 0 Å². The van der Waals surface area contributed by atoms with Crippen molar-refractivity contribution in [1.82, 2.24) is 10.2 Å². The first-order valence-corrected chi connectivity index (χ1v) is 10.4. The second kappa shape index (κ2) is 10.8. The number of thioether (sulfide) groups is 1. The van der Waals surface area contributed by atoms with E-state index in [0.717, 1.165) is 51.4 Å². The predicted octanol–water partition coefficient (Wildman–Crippen LogP) is 3.78. The van der Waals surface area contributed by atoms with Gasteiger partial charge in [0, 0.05) is 42.9 Å². The first kappa shape index (κ1) is 21.1. The van der Waals surface area contributed by atoms with Gasteiger partial charge in [0.2, 0.25) is 0 Å². The van der Waals surface area contributed by atoms with Gasteiger partial charge in [0.25, 0.3) is 0 Å². The molecule has 1 aliphatic rings. The monoisotopic (exact) mass is 380 g/mol. The summed E-state index contributed by atoms with van der Waals surface area (Å²) in [6.07, 6.45) is 1.64. The van der Waals surface area contributed by atoms with Gasteiger partial charge in [0.1, 0.15) is 5.60 Å². The SMILES string of the molecule is CC(C)(C)OC(=O)N[C@H](CCN1CCCOCC1)CSc1ccccc1. The summed E-state index contributed by atoms with van der Waals surface area (Å²) in [4.78, 5) is 15.8. The number of hydrogen-bond acceptors (Lipinski definition) is 5. The Morgan fingerprint density at radius 3 is 2.77 bits per heavy atom. The predicted molar refractivity (Wildman–Crippen MR) is 107 cm³/mol. The highest BCUT2D eigenvalue weighted by Gasteiger charge is 2.20. The van der Waals surface area contributed by atoms with Crippen LogP contribution in [0.2, 0.25) is 0 Å². The van der Waals surface area contributed by atoms with Gasteiger partial charge < -0.3 is 19.7 Å². The molecule has 6 heteroatoms. The largest absolute Gasteiger partial charge is 0.444 e. The standard InChI is InChI=1S/C20H32N2O3S/c1-20(2,3)25-19(23)21-17(16-26-18-8-5-4-6-9-18)10-12-22-11-7-14-24-15-13-22/h4-6,8-9,17H,7,10-16H2,1-3H3,(H,21,23)/t17-/m1/s1. The summed E-state index contributed by atoms with van der Waals surface area (Å²) in [5.41, 5.74) is -0.483. The van der Waals surface area contributed by atoms with E-state index in [0.29, 0.717) is 0 Å². The van der Waals surface area contributed by atoms with Gasteiger partial charge in [-0.3, -0.25) is 0 Å². The van der Waals surface area contributed by atoms with E-state index in [2.05, 4.69) is 22.3 Å². The molecule has 146 valence electrons. The molecule has 0 aromatic heterocycles. The molecular formula is C20H32N2O3S. The van der Waals surface area contributed by atoms with E-state index >= 15 is 0 Å². The van der Waals surface area contributed by atoms with Crippen LogP contribution in [-0.2, 0) is 9.47 Å². The van der Waals surface area contributed by atoms with Gasteiger partial charge in [-0.15, -0.1) is 11.8 Å². The third-order valence-electron chi connectivity index (χ3n) is 4.02. The lowest BCUT2D eigenvalue weighted by Crippen LogP contribution is -2.42. The van der Waals surface area contributed by atoms with Crippen LogP contribution >= 0.6 is 11.8 Å². The molecule has 1 fully saturated rings. The van der Waals surface area contributed by atoms with Gasteiger partial charge in [-0.25, -0.2) is 4.79 Å². The van der Waals surface area contributed by atoms with Crippen molar-refractivity contribution in [3.8, 4) is 0 Å². The lowest BCUT2D eigenvalue weighted by molar-refractivity contribution is 0.0504. The number of nitrogens with zero attached hydrogens (tertiary/aromatic N) is 1. The molecule has 1 heterocycles. The maximum absolute atomic E-state index is 12.2. The van der Waals surface area contributed by atoms with Crippen molar-refractivity contribution in [2.75, 3.05) is 38.6 Å². The van der Waals surface area contributed by atoms with Crippen LogP contribution in [0.3, 0.4) is 0 Å². The number of carbonyl (C=O) groups excluding carboxylic acids is 1. The Hall–Kier alpha value is -1.24. The van der Waals surface area contributed by atoms with Crippen molar-refractivity contribution >= 4 is 17.9 Å². The molecule has 2 rings (SSSR count). The molecule has 0 unspecified atom stereocenters. The number of alkyl carbamates (subject to hydrolysis) is 1. The van der Waals surface area contributed by atoms with Crippen molar-refractivity contribution in [3.05, 3.63) is 30.3 Å². The summed E-state index contributed by atoms with van der Waals surface area (Å²) in [6, 6.07) is 10.4. The van der Waals surface area contributed by atoms with Gasteiger partial charge in [0.15, 0.2) is 0 Å². The Morgan fingerprint density at radius 2 is 2.04 bits per heavy atom. The maximum atomic E-state index is 12.2. The van der Waals surface area contributed by atoms with Gasteiger partial charge in [-0.05, 0) is 45.7 Å². The molecule has 1 aromatic rings. The quantitative estimate of drug-likeness (QED) is 0.730. The van der Waals surface area contributed by atoms with Crippen molar-refractivity contribution in [2.45, 2.75) is 50.2 Å². The van der Waals surface area contributed by atoms with Crippen molar-refractivity contribution < 1.29 is 14.3 Å². The molecule has 0 spiro atoms. The zero-order chi connectivity index (χ0) is 18.8. The minimum absolute atomic E-state index is 0.0687. The van der Waals surface area contributed by atoms with Gasteiger partial charge in [-0.2, -0.15) is 0 Å². The average Bonchev–Trinajstić information content (AvgIpc) is 2.85. The summed E-state index contributed by atoms with van der Waals surface area (Å²) in [5.74, 6) is 0.827. The number of carbonyl (C=O) groups is 1. The molecular weight excluding hydrogens is 348 g/mol. The average molecular weight is 381 g/mol. The molecule has 0 aliphatic carbocycles. The fourth-order valence-corrected chi connectivity index (χ4v) is 3.74. The highest BCUT2D eigenvalue weighted by atomic mass is 32.2. The molecule has 1 saturated heterocycles. The van der Waals surface area contributed by atoms with Gasteiger partial charge >= 0.3 is 6.09 Å². The number of hydrogen-bond donors (Lipinski definition) is 1. The molecule has 0 radical (unpaired) electrons. The van der Waals surface area contributed by atoms with Crippen LogP contribution in [0.5, 0.6) is 0 Å². The van der Waals surface area contributed by atoms with Crippen LogP contribution in [0.1, 0.15) is 33.6 Å². The minimum Gasteiger partial charge on any atom is -0.444 e. The molecule has 1 aliphatic heterocycles. The summed E-state index contributed by atoms with van der Waals surface area (Å²) in [5, 5.41) is 3.06. The second-order valence-corrected chi connectivity index (χ2v) is 8.66. The fraction of sp³-hybridized carbons (Fsp3) is 0.650. The third-order valence-corrected chi connectivity index (χ3v) is 5.20. The summed E-state index contributed by atoms with van der Waals surface area (Å²) < 4.78 is 11.0. The Bertz CT molecular complexity index is 526. The van der Waals surface area contributed by atoms with Gasteiger partial charge in [0.05, 0.1) is 6.61 Å². The lowest BCUT2D eigenvalue weighted by atomic mass is 10.2. The van der Waals surface area contributed by atoms with E-state index in [-0.39, 0.29) is 12.1 Å². The summed E-state index contributed by atoms with van der Waals surface area (Å²) >= 11 is 1.77. The molecule has 26 heavy (non-hydrogen) atoms. The Morgan fingerprint density at radius 1 is 1.27 bits per heavy atom. The molecule has 5 nitrogen and oxygen atoms in total. The first-order valence-electron chi connectivity index (χ1n) is 9.40. The normalized spacial score (nSPS) is 17.3. The molecule has 1 aromatic carbocycles. The third kappa shape index (κ3) is 8.92. The van der Waals surface area contributed by atoms with Crippen molar-refractivity contribution in [3.63, 3.8) is 0 Å². The fourth-order valence-electron chi connectivity index (χ4n) is 2.74. The maximum Gasteiger partial charge on any atom is 0.407 e. The van der Waals surface area contributed by atoms with E-state index in [1.165, 1.54) is 4.90 Å². The number of ether oxygens (including phenoxy) is 2. The minimum atomic E-state index is -0.483. The van der Waals surface area contributed by atoms with Crippen LogP contribution in [-0.4, -0.2) is 61.2 Å². The van der Waals surface area contributed by atoms with Crippen LogP contribution in [0.4, 0.5) is 4.79 Å².